The molecule has 0 rings (SSSR count). The number of hydrogen-bond acceptors (Lipinski definition) is 2. The molecule has 0 saturated heterocycles. The van der Waals surface area contributed by atoms with Crippen LogP contribution in [0.5, 0.6) is 0 Å². The van der Waals surface area contributed by atoms with Crippen LogP contribution in [0.3, 0.4) is 0 Å². The molecule has 0 aromatic rings. The average molecular weight is 186 g/mol. The van der Waals surface area contributed by atoms with Crippen LogP contribution >= 0.6 is 0 Å². The van der Waals surface area contributed by atoms with E-state index in [-0.39, 0.29) is 6.10 Å². The molecule has 0 fully saturated rings. The molecule has 0 saturated carbocycles. The van der Waals surface area contributed by atoms with Crippen LogP contribution in [-0.4, -0.2) is 21.9 Å². The molecule has 0 bridgehead atoms. The van der Waals surface area contributed by atoms with Gasteiger partial charge in [-0.15, -0.1) is 0 Å². The van der Waals surface area contributed by atoms with Crippen LogP contribution in [-0.2, 0) is 0 Å². The van der Waals surface area contributed by atoms with Crippen molar-refractivity contribution in [2.75, 3.05) is 0 Å². The van der Waals surface area contributed by atoms with Crippen LogP contribution in [0, 0.1) is 0 Å². The van der Waals surface area contributed by atoms with Crippen LogP contribution in [0.15, 0.2) is 11.6 Å². The van der Waals surface area contributed by atoms with E-state index >= 15 is 0 Å². The molecular formula is C11H22O2. The third-order valence-corrected chi connectivity index (χ3v) is 1.87. The van der Waals surface area contributed by atoms with Crippen molar-refractivity contribution in [3.8, 4) is 0 Å². The summed E-state index contributed by atoms with van der Waals surface area (Å²) in [6, 6.07) is 0. The molecule has 0 aliphatic rings. The zero-order chi connectivity index (χ0) is 10.5. The van der Waals surface area contributed by atoms with E-state index in [0.717, 1.165) is 19.3 Å². The summed E-state index contributed by atoms with van der Waals surface area (Å²) in [6.45, 7) is 7.42. The van der Waals surface area contributed by atoms with Crippen LogP contribution in [0.1, 0.15) is 47.0 Å². The van der Waals surface area contributed by atoms with Gasteiger partial charge < -0.3 is 10.2 Å². The maximum atomic E-state index is 9.43. The Morgan fingerprint density at radius 1 is 1.46 bits per heavy atom. The van der Waals surface area contributed by atoms with Crippen molar-refractivity contribution in [1.82, 2.24) is 0 Å². The molecule has 2 N–H and O–H groups in total. The number of aliphatic hydroxyl groups excluding tert-OH is 1. The minimum absolute atomic E-state index is 0.265. The van der Waals surface area contributed by atoms with Crippen LogP contribution in [0.25, 0.3) is 0 Å². The maximum absolute atomic E-state index is 9.43. The lowest BCUT2D eigenvalue weighted by Gasteiger charge is -2.15. The highest BCUT2D eigenvalue weighted by Gasteiger charge is 2.10. The molecule has 0 heterocycles. The molecule has 2 heteroatoms. The van der Waals surface area contributed by atoms with Gasteiger partial charge >= 0.3 is 0 Å². The standard InChI is InChI=1S/C11H22O2/c1-9(8-10(2)12)6-5-7-11(3,4)13/h6,10,12-13H,5,7-8H2,1-4H3/b9-6-. The SMILES string of the molecule is C/C(=C/CCC(C)(C)O)CC(C)O. The van der Waals surface area contributed by atoms with Gasteiger partial charge in [0.2, 0.25) is 0 Å². The van der Waals surface area contributed by atoms with E-state index in [1.165, 1.54) is 5.57 Å². The molecule has 0 aromatic carbocycles. The third-order valence-electron chi connectivity index (χ3n) is 1.87. The van der Waals surface area contributed by atoms with Crippen molar-refractivity contribution in [3.05, 3.63) is 11.6 Å². The monoisotopic (exact) mass is 186 g/mol. The predicted octanol–water partition coefficient (Wildman–Crippen LogP) is 2.25. The quantitative estimate of drug-likeness (QED) is 0.646. The lowest BCUT2D eigenvalue weighted by atomic mass is 10.0. The minimum Gasteiger partial charge on any atom is -0.393 e. The van der Waals surface area contributed by atoms with Gasteiger partial charge in [-0.1, -0.05) is 11.6 Å². The highest BCUT2D eigenvalue weighted by Crippen LogP contribution is 2.13. The maximum Gasteiger partial charge on any atom is 0.0594 e. The summed E-state index contributed by atoms with van der Waals surface area (Å²) >= 11 is 0. The lowest BCUT2D eigenvalue weighted by Crippen LogP contribution is -2.17. The Bertz CT molecular complexity index is 163. The summed E-state index contributed by atoms with van der Waals surface area (Å²) in [4.78, 5) is 0. The first-order chi connectivity index (χ1) is 5.81. The van der Waals surface area contributed by atoms with Crippen molar-refractivity contribution in [2.45, 2.75) is 58.7 Å². The second-order valence-electron chi connectivity index (χ2n) is 4.45. The van der Waals surface area contributed by atoms with E-state index in [2.05, 4.69) is 6.08 Å². The predicted molar refractivity (Wildman–Crippen MR) is 55.6 cm³/mol. The van der Waals surface area contributed by atoms with Gasteiger partial charge in [0.1, 0.15) is 0 Å². The van der Waals surface area contributed by atoms with E-state index in [1.807, 2.05) is 20.8 Å². The Kier molecular flexibility index (Phi) is 5.26. The molecule has 0 amide bonds. The van der Waals surface area contributed by atoms with E-state index in [4.69, 9.17) is 5.11 Å². The van der Waals surface area contributed by atoms with E-state index in [1.54, 1.807) is 6.92 Å². The fourth-order valence-corrected chi connectivity index (χ4v) is 1.22. The molecular weight excluding hydrogens is 164 g/mol. The van der Waals surface area contributed by atoms with Gasteiger partial charge in [-0.25, -0.2) is 0 Å². The molecule has 0 aliphatic carbocycles. The minimum atomic E-state index is -0.582. The Morgan fingerprint density at radius 2 is 2.00 bits per heavy atom. The molecule has 0 spiro atoms. The average Bonchev–Trinajstić information content (AvgIpc) is 1.81. The van der Waals surface area contributed by atoms with Gasteiger partial charge in [0.25, 0.3) is 0 Å². The fourth-order valence-electron chi connectivity index (χ4n) is 1.22. The molecule has 1 unspecified atom stereocenters. The van der Waals surface area contributed by atoms with Crippen molar-refractivity contribution in [1.29, 1.82) is 0 Å². The third kappa shape index (κ3) is 9.57. The Morgan fingerprint density at radius 3 is 2.38 bits per heavy atom. The van der Waals surface area contributed by atoms with Gasteiger partial charge in [-0.2, -0.15) is 0 Å². The topological polar surface area (TPSA) is 40.5 Å². The van der Waals surface area contributed by atoms with E-state index < -0.39 is 5.60 Å². The van der Waals surface area contributed by atoms with Crippen molar-refractivity contribution in [2.24, 2.45) is 0 Å². The largest absolute Gasteiger partial charge is 0.393 e. The van der Waals surface area contributed by atoms with E-state index in [0.29, 0.717) is 0 Å². The smallest absolute Gasteiger partial charge is 0.0594 e. The summed E-state index contributed by atoms with van der Waals surface area (Å²) in [5, 5.41) is 18.5. The summed E-state index contributed by atoms with van der Waals surface area (Å²) in [5.41, 5.74) is 0.612. The Balaban J connectivity index is 3.72. The van der Waals surface area contributed by atoms with Gasteiger partial charge in [-0.05, 0) is 47.0 Å². The second-order valence-corrected chi connectivity index (χ2v) is 4.45. The molecule has 2 nitrogen and oxygen atoms in total. The Hall–Kier alpha value is -0.340. The molecule has 78 valence electrons. The molecule has 13 heavy (non-hydrogen) atoms. The molecule has 0 aliphatic heterocycles. The first-order valence-corrected chi connectivity index (χ1v) is 4.87. The summed E-state index contributed by atoms with van der Waals surface area (Å²) in [5.74, 6) is 0. The van der Waals surface area contributed by atoms with Crippen LogP contribution in [0.4, 0.5) is 0 Å². The highest BCUT2D eigenvalue weighted by atomic mass is 16.3. The van der Waals surface area contributed by atoms with Crippen molar-refractivity contribution < 1.29 is 10.2 Å². The first-order valence-electron chi connectivity index (χ1n) is 4.87. The summed E-state index contributed by atoms with van der Waals surface area (Å²) < 4.78 is 0. The lowest BCUT2D eigenvalue weighted by molar-refractivity contribution is 0.0721. The second kappa shape index (κ2) is 5.40. The zero-order valence-electron chi connectivity index (χ0n) is 9.17. The van der Waals surface area contributed by atoms with Crippen LogP contribution in [0.2, 0.25) is 0 Å². The van der Waals surface area contributed by atoms with Gasteiger partial charge in [0, 0.05) is 0 Å². The summed E-state index contributed by atoms with van der Waals surface area (Å²) in [7, 11) is 0. The zero-order valence-corrected chi connectivity index (χ0v) is 9.17. The molecule has 0 aromatic heterocycles. The van der Waals surface area contributed by atoms with Gasteiger partial charge in [-0.3, -0.25) is 0 Å². The molecule has 0 radical (unpaired) electrons. The number of hydrogen-bond donors (Lipinski definition) is 2. The number of aliphatic hydroxyl groups is 2. The fraction of sp³-hybridized carbons (Fsp3) is 0.818. The number of rotatable bonds is 5. The molecule has 1 atom stereocenters. The number of allylic oxidation sites excluding steroid dienone is 1. The van der Waals surface area contributed by atoms with Crippen molar-refractivity contribution in [3.63, 3.8) is 0 Å². The van der Waals surface area contributed by atoms with Gasteiger partial charge in [0.05, 0.1) is 11.7 Å². The van der Waals surface area contributed by atoms with Crippen molar-refractivity contribution >= 4 is 0 Å². The van der Waals surface area contributed by atoms with Gasteiger partial charge in [0.15, 0.2) is 0 Å². The Labute approximate surface area is 81.3 Å². The first kappa shape index (κ1) is 12.7. The van der Waals surface area contributed by atoms with Crippen LogP contribution < -0.4 is 0 Å². The highest BCUT2D eigenvalue weighted by molar-refractivity contribution is 4.99. The normalized spacial score (nSPS) is 16.0. The summed E-state index contributed by atoms with van der Waals surface area (Å²) in [6.07, 6.45) is 4.20. The van der Waals surface area contributed by atoms with E-state index in [9.17, 15) is 5.11 Å².